The molecule has 0 bridgehead atoms. The Morgan fingerprint density at radius 3 is 2.64 bits per heavy atom. The highest BCUT2D eigenvalue weighted by Gasteiger charge is 2.18. The second-order valence-corrected chi connectivity index (χ2v) is 4.83. The molecule has 0 N–H and O–H groups in total. The lowest BCUT2D eigenvalue weighted by Crippen LogP contribution is -2.42. The van der Waals surface area contributed by atoms with Crippen molar-refractivity contribution in [3.05, 3.63) is 36.2 Å². The van der Waals surface area contributed by atoms with E-state index >= 15 is 0 Å². The number of carbonyl (C=O) groups excluding carboxylic acids is 2. The number of fused-ring (bicyclic) bond motifs is 1. The lowest BCUT2D eigenvalue weighted by molar-refractivity contribution is -0.138. The molecule has 2 aromatic rings. The summed E-state index contributed by atoms with van der Waals surface area (Å²) in [5, 5.41) is 0. The molecule has 0 aliphatic carbocycles. The van der Waals surface area contributed by atoms with Crippen LogP contribution in [-0.2, 0) is 14.3 Å². The fourth-order valence-electron chi connectivity index (χ4n) is 2.20. The first-order valence-corrected chi connectivity index (χ1v) is 6.97. The first-order valence-electron chi connectivity index (χ1n) is 6.97. The lowest BCUT2D eigenvalue weighted by atomic mass is 10.2. The van der Waals surface area contributed by atoms with Gasteiger partial charge in [-0.15, -0.1) is 0 Å². The van der Waals surface area contributed by atoms with E-state index in [9.17, 15) is 9.59 Å². The van der Waals surface area contributed by atoms with E-state index in [-0.39, 0.29) is 12.5 Å². The number of ether oxygens (including phenoxy) is 2. The number of esters is 1. The standard InChI is InChI=1S/C15H15N3O4/c19-14(18-5-7-21-8-6-18)10-22-15(20)11-1-2-12-13(9-11)17-4-3-16-12/h1-4,9H,5-8,10H2. The number of hydrogen-bond acceptors (Lipinski definition) is 6. The third-order valence-electron chi connectivity index (χ3n) is 3.40. The largest absolute Gasteiger partial charge is 0.452 e. The van der Waals surface area contributed by atoms with Crippen LogP contribution in [0.5, 0.6) is 0 Å². The van der Waals surface area contributed by atoms with Gasteiger partial charge in [0.25, 0.3) is 5.91 Å². The normalized spacial score (nSPS) is 14.8. The maximum atomic E-state index is 12.0. The molecule has 0 atom stereocenters. The quantitative estimate of drug-likeness (QED) is 0.774. The van der Waals surface area contributed by atoms with Gasteiger partial charge >= 0.3 is 5.97 Å². The second-order valence-electron chi connectivity index (χ2n) is 4.83. The average Bonchev–Trinajstić information content (AvgIpc) is 2.59. The molecule has 1 aromatic carbocycles. The van der Waals surface area contributed by atoms with Crippen LogP contribution in [0.15, 0.2) is 30.6 Å². The van der Waals surface area contributed by atoms with Gasteiger partial charge in [-0.25, -0.2) is 4.79 Å². The molecule has 1 aromatic heterocycles. The van der Waals surface area contributed by atoms with Crippen LogP contribution in [0, 0.1) is 0 Å². The van der Waals surface area contributed by atoms with Gasteiger partial charge in [-0.05, 0) is 18.2 Å². The molecule has 0 saturated carbocycles. The predicted molar refractivity (Wildman–Crippen MR) is 77.2 cm³/mol. The monoisotopic (exact) mass is 301 g/mol. The first kappa shape index (κ1) is 14.4. The van der Waals surface area contributed by atoms with Crippen LogP contribution in [0.4, 0.5) is 0 Å². The zero-order valence-corrected chi connectivity index (χ0v) is 11.9. The zero-order valence-electron chi connectivity index (χ0n) is 11.9. The summed E-state index contributed by atoms with van der Waals surface area (Å²) in [6.07, 6.45) is 3.14. The van der Waals surface area contributed by atoms with Crippen molar-refractivity contribution in [1.29, 1.82) is 0 Å². The molecular formula is C15H15N3O4. The third-order valence-corrected chi connectivity index (χ3v) is 3.40. The fraction of sp³-hybridized carbons (Fsp3) is 0.333. The van der Waals surface area contributed by atoms with Crippen molar-refractivity contribution in [2.24, 2.45) is 0 Å². The number of morpholine rings is 1. The highest BCUT2D eigenvalue weighted by molar-refractivity contribution is 5.94. The van der Waals surface area contributed by atoms with Crippen molar-refractivity contribution in [2.45, 2.75) is 0 Å². The number of nitrogens with zero attached hydrogens (tertiary/aromatic N) is 3. The van der Waals surface area contributed by atoms with E-state index < -0.39 is 5.97 Å². The Morgan fingerprint density at radius 2 is 1.86 bits per heavy atom. The van der Waals surface area contributed by atoms with Crippen molar-refractivity contribution in [3.8, 4) is 0 Å². The Hall–Kier alpha value is -2.54. The van der Waals surface area contributed by atoms with Gasteiger partial charge in [0.05, 0.1) is 29.8 Å². The molecule has 114 valence electrons. The highest BCUT2D eigenvalue weighted by atomic mass is 16.5. The van der Waals surface area contributed by atoms with Gasteiger partial charge in [0, 0.05) is 25.5 Å². The fourth-order valence-corrected chi connectivity index (χ4v) is 2.20. The van der Waals surface area contributed by atoms with E-state index in [2.05, 4.69) is 9.97 Å². The maximum Gasteiger partial charge on any atom is 0.338 e. The van der Waals surface area contributed by atoms with Gasteiger partial charge in [0.15, 0.2) is 6.61 Å². The van der Waals surface area contributed by atoms with Gasteiger partial charge in [0.2, 0.25) is 0 Å². The van der Waals surface area contributed by atoms with Gasteiger partial charge in [0.1, 0.15) is 0 Å². The molecule has 1 aliphatic rings. The molecule has 1 aliphatic heterocycles. The Bertz CT molecular complexity index is 698. The summed E-state index contributed by atoms with van der Waals surface area (Å²) >= 11 is 0. The van der Waals surface area contributed by atoms with Crippen LogP contribution in [-0.4, -0.2) is 59.7 Å². The van der Waals surface area contributed by atoms with Crippen molar-refractivity contribution in [3.63, 3.8) is 0 Å². The van der Waals surface area contributed by atoms with Crippen molar-refractivity contribution in [2.75, 3.05) is 32.9 Å². The van der Waals surface area contributed by atoms with Crippen molar-refractivity contribution < 1.29 is 19.1 Å². The second kappa shape index (κ2) is 6.48. The van der Waals surface area contributed by atoms with Gasteiger partial charge in [-0.3, -0.25) is 14.8 Å². The lowest BCUT2D eigenvalue weighted by Gasteiger charge is -2.26. The number of benzene rings is 1. The van der Waals surface area contributed by atoms with Crippen LogP contribution in [0.1, 0.15) is 10.4 Å². The number of amides is 1. The van der Waals surface area contributed by atoms with Crippen molar-refractivity contribution >= 4 is 22.9 Å². The van der Waals surface area contributed by atoms with Crippen LogP contribution in [0.2, 0.25) is 0 Å². The minimum Gasteiger partial charge on any atom is -0.452 e. The summed E-state index contributed by atoms with van der Waals surface area (Å²) in [4.78, 5) is 33.8. The summed E-state index contributed by atoms with van der Waals surface area (Å²) in [6.45, 7) is 1.83. The van der Waals surface area contributed by atoms with Crippen molar-refractivity contribution in [1.82, 2.24) is 14.9 Å². The predicted octanol–water partition coefficient (Wildman–Crippen LogP) is 0.645. The Kier molecular flexibility index (Phi) is 4.24. The summed E-state index contributed by atoms with van der Waals surface area (Å²) < 4.78 is 10.2. The smallest absolute Gasteiger partial charge is 0.338 e. The van der Waals surface area contributed by atoms with Gasteiger partial charge in [-0.2, -0.15) is 0 Å². The molecular weight excluding hydrogens is 286 g/mol. The molecule has 1 saturated heterocycles. The average molecular weight is 301 g/mol. The molecule has 7 nitrogen and oxygen atoms in total. The molecule has 1 fully saturated rings. The Balaban J connectivity index is 1.61. The summed E-state index contributed by atoms with van der Waals surface area (Å²) in [5.41, 5.74) is 1.66. The van der Waals surface area contributed by atoms with Crippen LogP contribution >= 0.6 is 0 Å². The maximum absolute atomic E-state index is 12.0. The minimum absolute atomic E-state index is 0.211. The summed E-state index contributed by atoms with van der Waals surface area (Å²) in [7, 11) is 0. The number of hydrogen-bond donors (Lipinski definition) is 0. The highest BCUT2D eigenvalue weighted by Crippen LogP contribution is 2.12. The number of rotatable bonds is 3. The molecule has 0 spiro atoms. The molecule has 2 heterocycles. The van der Waals surface area contributed by atoms with E-state index in [4.69, 9.17) is 9.47 Å². The van der Waals surface area contributed by atoms with E-state index in [0.717, 1.165) is 0 Å². The molecule has 0 unspecified atom stereocenters. The minimum atomic E-state index is -0.547. The van der Waals surface area contributed by atoms with E-state index in [1.54, 1.807) is 35.5 Å². The van der Waals surface area contributed by atoms with E-state index in [1.807, 2.05) is 0 Å². The third kappa shape index (κ3) is 3.20. The zero-order chi connectivity index (χ0) is 15.4. The van der Waals surface area contributed by atoms with Crippen LogP contribution in [0.3, 0.4) is 0 Å². The number of aromatic nitrogens is 2. The van der Waals surface area contributed by atoms with Crippen LogP contribution < -0.4 is 0 Å². The molecule has 0 radical (unpaired) electrons. The summed E-state index contributed by atoms with van der Waals surface area (Å²) in [6, 6.07) is 4.91. The SMILES string of the molecule is O=C(OCC(=O)N1CCOCC1)c1ccc2nccnc2c1. The number of carbonyl (C=O) groups is 2. The van der Waals surface area contributed by atoms with Gasteiger partial charge in [-0.1, -0.05) is 0 Å². The molecule has 1 amide bonds. The summed E-state index contributed by atoms with van der Waals surface area (Å²) in [5.74, 6) is -0.758. The Labute approximate surface area is 126 Å². The molecule has 22 heavy (non-hydrogen) atoms. The van der Waals surface area contributed by atoms with E-state index in [0.29, 0.717) is 42.9 Å². The van der Waals surface area contributed by atoms with Crippen LogP contribution in [0.25, 0.3) is 11.0 Å². The topological polar surface area (TPSA) is 81.6 Å². The first-order chi connectivity index (χ1) is 10.7. The Morgan fingerprint density at radius 1 is 1.14 bits per heavy atom. The molecule has 7 heteroatoms. The van der Waals surface area contributed by atoms with E-state index in [1.165, 1.54) is 0 Å². The molecule has 3 rings (SSSR count). The van der Waals surface area contributed by atoms with Gasteiger partial charge < -0.3 is 14.4 Å².